The fourth-order valence-electron chi connectivity index (χ4n) is 1.26. The molecule has 0 fully saturated rings. The van der Waals surface area contributed by atoms with E-state index in [9.17, 15) is 13.2 Å². The monoisotopic (exact) mass is 291 g/mol. The number of carbonyl (C=O) groups is 1. The summed E-state index contributed by atoms with van der Waals surface area (Å²) in [7, 11) is -3.76. The van der Waals surface area contributed by atoms with Gasteiger partial charge in [-0.05, 0) is 25.1 Å². The summed E-state index contributed by atoms with van der Waals surface area (Å²) < 4.78 is 26.2. The fourth-order valence-corrected chi connectivity index (χ4v) is 2.89. The maximum absolute atomic E-state index is 12.0. The fraction of sp³-hybridized carbons (Fsp3) is 0.364. The Balaban J connectivity index is 2.92. The molecule has 0 aliphatic rings. The van der Waals surface area contributed by atoms with Gasteiger partial charge in [-0.15, -0.1) is 0 Å². The predicted molar refractivity (Wildman–Crippen MR) is 68.0 cm³/mol. The van der Waals surface area contributed by atoms with Crippen molar-refractivity contribution in [3.8, 4) is 0 Å². The van der Waals surface area contributed by atoms with Crippen LogP contribution in [0.15, 0.2) is 29.2 Å². The Hall–Kier alpha value is -1.11. The molecule has 0 aliphatic heterocycles. The van der Waals surface area contributed by atoms with Crippen molar-refractivity contribution in [2.75, 3.05) is 0 Å². The molecule has 1 aromatic rings. The van der Waals surface area contributed by atoms with E-state index in [0.29, 0.717) is 5.02 Å². The summed E-state index contributed by atoms with van der Waals surface area (Å²) in [5, 5.41) is 9.11. The van der Waals surface area contributed by atoms with Gasteiger partial charge in [-0.3, -0.25) is 4.79 Å². The maximum Gasteiger partial charge on any atom is 0.307 e. The molecule has 0 saturated carbocycles. The van der Waals surface area contributed by atoms with Crippen LogP contribution >= 0.6 is 11.6 Å². The van der Waals surface area contributed by atoms with Gasteiger partial charge in [-0.25, -0.2) is 13.1 Å². The Morgan fingerprint density at radius 1 is 1.39 bits per heavy atom. The minimum Gasteiger partial charge on any atom is -0.481 e. The van der Waals surface area contributed by atoms with Crippen molar-refractivity contribution in [1.82, 2.24) is 4.72 Å². The second-order valence-corrected chi connectivity index (χ2v) is 6.14. The highest BCUT2D eigenvalue weighted by molar-refractivity contribution is 7.89. The van der Waals surface area contributed by atoms with Gasteiger partial charge in [0.25, 0.3) is 0 Å². The minimum absolute atomic E-state index is 0.0134. The van der Waals surface area contributed by atoms with Crippen LogP contribution in [0.2, 0.25) is 5.02 Å². The van der Waals surface area contributed by atoms with Crippen LogP contribution in [0.5, 0.6) is 0 Å². The number of aliphatic carboxylic acids is 1. The van der Waals surface area contributed by atoms with Crippen molar-refractivity contribution in [2.24, 2.45) is 5.92 Å². The van der Waals surface area contributed by atoms with Gasteiger partial charge in [0.05, 0.1) is 10.8 Å². The van der Waals surface area contributed by atoms with E-state index < -0.39 is 28.0 Å². The van der Waals surface area contributed by atoms with E-state index in [4.69, 9.17) is 16.7 Å². The van der Waals surface area contributed by atoms with Crippen LogP contribution in [-0.2, 0) is 14.8 Å². The summed E-state index contributed by atoms with van der Waals surface area (Å²) >= 11 is 5.71. The number of sulfonamides is 1. The van der Waals surface area contributed by atoms with Gasteiger partial charge in [0, 0.05) is 11.1 Å². The molecule has 2 unspecified atom stereocenters. The summed E-state index contributed by atoms with van der Waals surface area (Å²) in [5.41, 5.74) is 0. The molecule has 0 amide bonds. The van der Waals surface area contributed by atoms with Crippen molar-refractivity contribution >= 4 is 27.6 Å². The van der Waals surface area contributed by atoms with E-state index in [1.165, 1.54) is 32.0 Å². The second kappa shape index (κ2) is 5.69. The van der Waals surface area contributed by atoms with Crippen LogP contribution in [0.1, 0.15) is 13.8 Å². The van der Waals surface area contributed by atoms with E-state index in [-0.39, 0.29) is 4.90 Å². The molecule has 18 heavy (non-hydrogen) atoms. The Kier molecular flexibility index (Phi) is 4.72. The highest BCUT2D eigenvalue weighted by atomic mass is 35.5. The summed E-state index contributed by atoms with van der Waals surface area (Å²) in [6, 6.07) is 5.06. The van der Waals surface area contributed by atoms with Crippen LogP contribution < -0.4 is 4.72 Å². The van der Waals surface area contributed by atoms with Crippen LogP contribution in [0.3, 0.4) is 0 Å². The number of nitrogens with one attached hydrogen (secondary N) is 1. The lowest BCUT2D eigenvalue weighted by Gasteiger charge is -2.17. The molecule has 0 heterocycles. The van der Waals surface area contributed by atoms with Crippen molar-refractivity contribution in [3.05, 3.63) is 29.3 Å². The number of carboxylic acid groups (broad SMARTS) is 1. The molecule has 0 radical (unpaired) electrons. The Morgan fingerprint density at radius 2 is 2.00 bits per heavy atom. The quantitative estimate of drug-likeness (QED) is 0.865. The lowest BCUT2D eigenvalue weighted by molar-refractivity contribution is -0.141. The van der Waals surface area contributed by atoms with Gasteiger partial charge >= 0.3 is 5.97 Å². The maximum atomic E-state index is 12.0. The molecule has 0 saturated heterocycles. The molecular formula is C11H14ClNO4S. The average molecular weight is 292 g/mol. The van der Waals surface area contributed by atoms with Gasteiger partial charge in [0.2, 0.25) is 10.0 Å². The number of hydrogen-bond donors (Lipinski definition) is 2. The molecule has 5 nitrogen and oxygen atoms in total. The van der Waals surface area contributed by atoms with Gasteiger partial charge in [0.1, 0.15) is 0 Å². The van der Waals surface area contributed by atoms with Gasteiger partial charge in [-0.2, -0.15) is 0 Å². The number of rotatable bonds is 5. The first-order chi connectivity index (χ1) is 8.24. The first-order valence-electron chi connectivity index (χ1n) is 5.25. The Morgan fingerprint density at radius 3 is 2.50 bits per heavy atom. The van der Waals surface area contributed by atoms with Crippen LogP contribution in [0.25, 0.3) is 0 Å². The Labute approximate surface area is 111 Å². The lowest BCUT2D eigenvalue weighted by Crippen LogP contribution is -2.39. The van der Waals surface area contributed by atoms with Gasteiger partial charge < -0.3 is 5.11 Å². The molecule has 1 rings (SSSR count). The van der Waals surface area contributed by atoms with E-state index >= 15 is 0 Å². The van der Waals surface area contributed by atoms with Crippen LogP contribution in [-0.4, -0.2) is 25.5 Å². The largest absolute Gasteiger partial charge is 0.481 e. The number of benzene rings is 1. The second-order valence-electron chi connectivity index (χ2n) is 3.99. The molecule has 0 aromatic heterocycles. The van der Waals surface area contributed by atoms with Gasteiger partial charge in [0.15, 0.2) is 0 Å². The van der Waals surface area contributed by atoms with E-state index in [1.54, 1.807) is 6.07 Å². The van der Waals surface area contributed by atoms with Crippen molar-refractivity contribution in [2.45, 2.75) is 24.8 Å². The third-order valence-corrected chi connectivity index (χ3v) is 4.38. The molecule has 1 aromatic carbocycles. The molecule has 7 heteroatoms. The number of carboxylic acids is 1. The highest BCUT2D eigenvalue weighted by Crippen LogP contribution is 2.16. The number of hydrogen-bond acceptors (Lipinski definition) is 3. The smallest absolute Gasteiger partial charge is 0.307 e. The van der Waals surface area contributed by atoms with Gasteiger partial charge in [-0.1, -0.05) is 24.6 Å². The Bertz CT molecular complexity index is 544. The third-order valence-electron chi connectivity index (χ3n) is 2.59. The summed E-state index contributed by atoms with van der Waals surface area (Å²) in [4.78, 5) is 10.8. The number of halogens is 1. The first kappa shape index (κ1) is 14.9. The standard InChI is InChI=1S/C11H14ClNO4S/c1-7(11(14)15)8(2)13-18(16,17)10-5-3-4-9(12)6-10/h3-8,13H,1-2H3,(H,14,15). The molecule has 2 atom stereocenters. The lowest BCUT2D eigenvalue weighted by atomic mass is 10.1. The van der Waals surface area contributed by atoms with Crippen molar-refractivity contribution in [1.29, 1.82) is 0 Å². The molecule has 2 N–H and O–H groups in total. The average Bonchev–Trinajstić information content (AvgIpc) is 2.27. The molecular weight excluding hydrogens is 278 g/mol. The SMILES string of the molecule is CC(NS(=O)(=O)c1cccc(Cl)c1)C(C)C(=O)O. The predicted octanol–water partition coefficient (Wildman–Crippen LogP) is 1.73. The zero-order chi connectivity index (χ0) is 13.9. The molecule has 0 bridgehead atoms. The third kappa shape index (κ3) is 3.69. The summed E-state index contributed by atoms with van der Waals surface area (Å²) in [6.45, 7) is 2.94. The van der Waals surface area contributed by atoms with Crippen molar-refractivity contribution in [3.63, 3.8) is 0 Å². The molecule has 0 aliphatic carbocycles. The van der Waals surface area contributed by atoms with E-state index in [1.807, 2.05) is 0 Å². The molecule has 0 spiro atoms. The topological polar surface area (TPSA) is 83.5 Å². The minimum atomic E-state index is -3.76. The zero-order valence-electron chi connectivity index (χ0n) is 9.92. The van der Waals surface area contributed by atoms with Crippen molar-refractivity contribution < 1.29 is 18.3 Å². The summed E-state index contributed by atoms with van der Waals surface area (Å²) in [5.74, 6) is -1.88. The highest BCUT2D eigenvalue weighted by Gasteiger charge is 2.25. The van der Waals surface area contributed by atoms with Crippen LogP contribution in [0.4, 0.5) is 0 Å². The summed E-state index contributed by atoms with van der Waals surface area (Å²) in [6.07, 6.45) is 0. The molecule has 100 valence electrons. The normalized spacial score (nSPS) is 15.1. The van der Waals surface area contributed by atoms with E-state index in [2.05, 4.69) is 4.72 Å². The van der Waals surface area contributed by atoms with E-state index in [0.717, 1.165) is 0 Å². The zero-order valence-corrected chi connectivity index (χ0v) is 11.5. The van der Waals surface area contributed by atoms with Crippen LogP contribution in [0, 0.1) is 5.92 Å². The first-order valence-corrected chi connectivity index (χ1v) is 7.11.